The zero-order valence-electron chi connectivity index (χ0n) is 14.7. The second-order valence-electron chi connectivity index (χ2n) is 6.18. The van der Waals surface area contributed by atoms with Gasteiger partial charge in [0.15, 0.2) is 26.7 Å². The SMILES string of the molecule is C[C@H]1[C@H](NC(=O)/C(=N/OC(C)(C)C(=O)[O-])c2csc(N)n2)C(=O)N1S(=O)(=O)[O-]. The van der Waals surface area contributed by atoms with Crippen molar-refractivity contribution in [2.24, 2.45) is 5.16 Å². The highest BCUT2D eigenvalue weighted by Gasteiger charge is 2.49. The number of β-lactam (4-membered cyclic amide) rings is 1. The van der Waals surface area contributed by atoms with Crippen molar-refractivity contribution in [2.75, 3.05) is 5.73 Å². The standard InChI is InChI=1S/C13H17N5O8S2/c1-5-7(10(20)18(5)28(23,24)25)16-9(19)8(6-4-27-12(14)15-6)17-26-13(2,3)11(21)22/h4-5,7H,1-3H3,(H2,14,15)(H,16,19)(H,21,22)(H,23,24,25)/p-2/b17-8+/t5-,7-/m0/s1. The van der Waals surface area contributed by atoms with E-state index in [-0.39, 0.29) is 15.1 Å². The lowest BCUT2D eigenvalue weighted by Gasteiger charge is -2.45. The molecule has 0 aliphatic carbocycles. The van der Waals surface area contributed by atoms with E-state index >= 15 is 0 Å². The summed E-state index contributed by atoms with van der Waals surface area (Å²) in [6.07, 6.45) is 0. The van der Waals surface area contributed by atoms with Crippen molar-refractivity contribution in [3.8, 4) is 0 Å². The Morgan fingerprint density at radius 1 is 1.46 bits per heavy atom. The molecule has 0 saturated carbocycles. The van der Waals surface area contributed by atoms with E-state index in [4.69, 9.17) is 10.6 Å². The normalized spacial score (nSPS) is 20.5. The van der Waals surface area contributed by atoms with E-state index in [0.29, 0.717) is 0 Å². The minimum Gasteiger partial charge on any atom is -0.731 e. The molecule has 0 spiro atoms. The molecule has 2 rings (SSSR count). The smallest absolute Gasteiger partial charge is 0.276 e. The molecule has 1 aliphatic rings. The van der Waals surface area contributed by atoms with Crippen molar-refractivity contribution in [1.29, 1.82) is 0 Å². The summed E-state index contributed by atoms with van der Waals surface area (Å²) >= 11 is 0.959. The van der Waals surface area contributed by atoms with Gasteiger partial charge in [0.2, 0.25) is 0 Å². The molecule has 2 heterocycles. The molecule has 13 nitrogen and oxygen atoms in total. The van der Waals surface area contributed by atoms with Crippen LogP contribution in [0.5, 0.6) is 0 Å². The molecule has 0 bridgehead atoms. The zero-order valence-corrected chi connectivity index (χ0v) is 16.4. The van der Waals surface area contributed by atoms with Crippen LogP contribution in [0.4, 0.5) is 5.13 Å². The second kappa shape index (κ2) is 7.33. The molecule has 3 N–H and O–H groups in total. The fourth-order valence-electron chi connectivity index (χ4n) is 2.10. The fourth-order valence-corrected chi connectivity index (χ4v) is 3.51. The molecule has 0 unspecified atom stereocenters. The Labute approximate surface area is 163 Å². The number of amides is 2. The van der Waals surface area contributed by atoms with Gasteiger partial charge in [-0.2, -0.15) is 0 Å². The molecule has 0 radical (unpaired) electrons. The minimum atomic E-state index is -5.01. The first kappa shape index (κ1) is 21.5. The molecule has 1 aliphatic heterocycles. The van der Waals surface area contributed by atoms with E-state index < -0.39 is 51.5 Å². The largest absolute Gasteiger partial charge is 0.731 e. The number of nitrogen functional groups attached to an aromatic ring is 1. The van der Waals surface area contributed by atoms with Crippen LogP contribution in [0, 0.1) is 0 Å². The molecule has 1 fully saturated rings. The number of hydrogen-bond donors (Lipinski definition) is 2. The number of oxime groups is 1. The van der Waals surface area contributed by atoms with Crippen LogP contribution in [-0.2, 0) is 29.5 Å². The number of rotatable bonds is 7. The third kappa shape index (κ3) is 4.20. The van der Waals surface area contributed by atoms with Gasteiger partial charge in [0.05, 0.1) is 12.0 Å². The summed E-state index contributed by atoms with van der Waals surface area (Å²) in [6.45, 7) is 3.51. The lowest BCUT2D eigenvalue weighted by atomic mass is 10.0. The molecule has 154 valence electrons. The van der Waals surface area contributed by atoms with Crippen LogP contribution in [0.3, 0.4) is 0 Å². The van der Waals surface area contributed by atoms with Crippen molar-refractivity contribution < 1.29 is 37.3 Å². The Balaban J connectivity index is 2.26. The quantitative estimate of drug-likeness (QED) is 0.195. The van der Waals surface area contributed by atoms with Crippen LogP contribution in [0.2, 0.25) is 0 Å². The lowest BCUT2D eigenvalue weighted by molar-refractivity contribution is -0.325. The van der Waals surface area contributed by atoms with Crippen molar-refractivity contribution in [2.45, 2.75) is 38.5 Å². The van der Waals surface area contributed by atoms with E-state index in [1.807, 2.05) is 0 Å². The summed E-state index contributed by atoms with van der Waals surface area (Å²) in [5.74, 6) is -3.75. The van der Waals surface area contributed by atoms with Crippen molar-refractivity contribution in [1.82, 2.24) is 14.6 Å². The lowest BCUT2D eigenvalue weighted by Crippen LogP contribution is -2.71. The third-order valence-electron chi connectivity index (χ3n) is 3.70. The molecule has 1 saturated heterocycles. The highest BCUT2D eigenvalue weighted by Crippen LogP contribution is 2.23. The first-order valence-corrected chi connectivity index (χ1v) is 9.79. The second-order valence-corrected chi connectivity index (χ2v) is 8.32. The highest BCUT2D eigenvalue weighted by atomic mass is 32.2. The molecular formula is C13H15N5O8S2-2. The van der Waals surface area contributed by atoms with Gasteiger partial charge in [-0.25, -0.2) is 17.7 Å². The Morgan fingerprint density at radius 2 is 2.07 bits per heavy atom. The predicted octanol–water partition coefficient (Wildman–Crippen LogP) is -2.85. The number of hydrogen-bond acceptors (Lipinski definition) is 12. The van der Waals surface area contributed by atoms with Gasteiger partial charge < -0.3 is 30.3 Å². The molecule has 1 aromatic heterocycles. The van der Waals surface area contributed by atoms with E-state index in [1.165, 1.54) is 12.3 Å². The number of thiazole rings is 1. The van der Waals surface area contributed by atoms with Crippen LogP contribution in [-0.4, -0.2) is 63.4 Å². The number of nitrogens with zero attached hydrogens (tertiary/aromatic N) is 3. The summed E-state index contributed by atoms with van der Waals surface area (Å²) in [5, 5.41) is 18.1. The molecule has 2 amide bonds. The molecule has 1 aromatic rings. The highest BCUT2D eigenvalue weighted by molar-refractivity contribution is 7.84. The average molecular weight is 433 g/mol. The Kier molecular flexibility index (Phi) is 5.63. The molecule has 28 heavy (non-hydrogen) atoms. The van der Waals surface area contributed by atoms with Crippen LogP contribution in [0.25, 0.3) is 0 Å². The van der Waals surface area contributed by atoms with Crippen molar-refractivity contribution in [3.05, 3.63) is 11.1 Å². The van der Waals surface area contributed by atoms with Gasteiger partial charge in [-0.15, -0.1) is 11.3 Å². The predicted molar refractivity (Wildman–Crippen MR) is 91.2 cm³/mol. The number of nitrogens with two attached hydrogens (primary N) is 1. The Hall–Kier alpha value is -2.78. The topological polar surface area (TPSA) is 207 Å². The zero-order chi connectivity index (χ0) is 21.4. The number of carboxylic acids is 1. The van der Waals surface area contributed by atoms with Crippen molar-refractivity contribution in [3.63, 3.8) is 0 Å². The monoisotopic (exact) mass is 433 g/mol. The van der Waals surface area contributed by atoms with Gasteiger partial charge >= 0.3 is 0 Å². The van der Waals surface area contributed by atoms with Crippen LogP contribution < -0.4 is 16.2 Å². The Bertz CT molecular complexity index is 954. The number of carbonyl (C=O) groups excluding carboxylic acids is 3. The number of aliphatic carboxylic acids is 1. The van der Waals surface area contributed by atoms with E-state index in [1.54, 1.807) is 0 Å². The summed E-state index contributed by atoms with van der Waals surface area (Å²) < 4.78 is 33.1. The maximum atomic E-state index is 12.5. The number of aromatic nitrogens is 1. The summed E-state index contributed by atoms with van der Waals surface area (Å²) in [4.78, 5) is 44.1. The van der Waals surface area contributed by atoms with Crippen molar-refractivity contribution >= 4 is 50.3 Å². The van der Waals surface area contributed by atoms with Gasteiger partial charge in [0.25, 0.3) is 11.8 Å². The third-order valence-corrected chi connectivity index (χ3v) is 5.37. The van der Waals surface area contributed by atoms with E-state index in [0.717, 1.165) is 25.2 Å². The van der Waals surface area contributed by atoms with Gasteiger partial charge in [0, 0.05) is 5.38 Å². The maximum absolute atomic E-state index is 12.5. The number of carbonyl (C=O) groups is 3. The van der Waals surface area contributed by atoms with E-state index in [2.05, 4.69) is 15.5 Å². The molecule has 15 heteroatoms. The van der Waals surface area contributed by atoms with E-state index in [9.17, 15) is 32.5 Å². The average Bonchev–Trinajstić information content (AvgIpc) is 2.97. The Morgan fingerprint density at radius 3 is 2.50 bits per heavy atom. The number of anilines is 1. The van der Waals surface area contributed by atoms with Gasteiger partial charge in [-0.05, 0) is 20.8 Å². The number of nitrogens with one attached hydrogen (secondary N) is 1. The first-order valence-electron chi connectivity index (χ1n) is 7.54. The summed E-state index contributed by atoms with van der Waals surface area (Å²) in [7, 11) is -5.01. The van der Waals surface area contributed by atoms with Crippen LogP contribution in [0.15, 0.2) is 10.5 Å². The summed E-state index contributed by atoms with van der Waals surface area (Å²) in [6, 6.07) is -2.44. The van der Waals surface area contributed by atoms with Gasteiger partial charge in [0.1, 0.15) is 11.7 Å². The fraction of sp³-hybridized carbons (Fsp3) is 0.462. The maximum Gasteiger partial charge on any atom is 0.276 e. The van der Waals surface area contributed by atoms with Gasteiger partial charge in [-0.3, -0.25) is 9.59 Å². The van der Waals surface area contributed by atoms with Gasteiger partial charge in [-0.1, -0.05) is 5.16 Å². The van der Waals surface area contributed by atoms with Crippen LogP contribution in [0.1, 0.15) is 26.5 Å². The van der Waals surface area contributed by atoms with Crippen LogP contribution >= 0.6 is 11.3 Å². The summed E-state index contributed by atoms with van der Waals surface area (Å²) in [5.41, 5.74) is 3.04. The number of carboxylic acid groups (broad SMARTS) is 1. The minimum absolute atomic E-state index is 0.0677. The molecular weight excluding hydrogens is 418 g/mol. The molecule has 0 aromatic carbocycles. The molecule has 2 atom stereocenters. The first-order chi connectivity index (χ1) is 12.8.